The lowest BCUT2D eigenvalue weighted by molar-refractivity contribution is -0.119. The Morgan fingerprint density at radius 1 is 1.44 bits per heavy atom. The van der Waals surface area contributed by atoms with Crippen LogP contribution < -0.4 is 10.0 Å². The van der Waals surface area contributed by atoms with E-state index in [9.17, 15) is 13.2 Å². The number of halogens is 1. The van der Waals surface area contributed by atoms with E-state index in [0.717, 1.165) is 12.6 Å². The van der Waals surface area contributed by atoms with E-state index in [1.54, 1.807) is 0 Å². The molecule has 0 atom stereocenters. The Morgan fingerprint density at radius 3 is 2.72 bits per heavy atom. The molecule has 0 fully saturated rings. The molecular weight excluding hydrogens is 278 g/mol. The van der Waals surface area contributed by atoms with Crippen LogP contribution in [0.15, 0.2) is 23.2 Å². The van der Waals surface area contributed by atoms with Gasteiger partial charge in [-0.1, -0.05) is 18.5 Å². The summed E-state index contributed by atoms with van der Waals surface area (Å²) in [6.45, 7) is 2.12. The van der Waals surface area contributed by atoms with Gasteiger partial charge in [-0.2, -0.15) is 0 Å². The molecule has 0 aromatic carbocycles. The number of nitrogens with one attached hydrogen (secondary N) is 2. The third kappa shape index (κ3) is 4.59. The molecule has 1 amide bonds. The minimum atomic E-state index is -3.73. The second kappa shape index (κ2) is 6.67. The van der Waals surface area contributed by atoms with E-state index in [1.807, 2.05) is 6.92 Å². The number of nitrogens with zero attached hydrogens (tertiary/aromatic N) is 1. The van der Waals surface area contributed by atoms with Crippen LogP contribution in [-0.4, -0.2) is 32.4 Å². The van der Waals surface area contributed by atoms with Crippen molar-refractivity contribution < 1.29 is 13.2 Å². The first-order valence-corrected chi connectivity index (χ1v) is 7.19. The van der Waals surface area contributed by atoms with Crippen molar-refractivity contribution in [2.45, 2.75) is 18.2 Å². The van der Waals surface area contributed by atoms with Gasteiger partial charge in [0.1, 0.15) is 10.0 Å². The summed E-state index contributed by atoms with van der Waals surface area (Å²) in [5.41, 5.74) is 0. The second-order valence-electron chi connectivity index (χ2n) is 3.49. The summed E-state index contributed by atoms with van der Waals surface area (Å²) in [4.78, 5) is 14.9. The quantitative estimate of drug-likeness (QED) is 0.749. The van der Waals surface area contributed by atoms with Crippen molar-refractivity contribution >= 4 is 27.5 Å². The normalized spacial score (nSPS) is 11.2. The Hall–Kier alpha value is -1.18. The Labute approximate surface area is 111 Å². The Morgan fingerprint density at radius 2 is 2.17 bits per heavy atom. The summed E-state index contributed by atoms with van der Waals surface area (Å²) in [5, 5.41) is 2.77. The van der Waals surface area contributed by atoms with E-state index in [2.05, 4.69) is 15.0 Å². The maximum Gasteiger partial charge on any atom is 0.242 e. The average molecular weight is 292 g/mol. The van der Waals surface area contributed by atoms with Gasteiger partial charge < -0.3 is 5.32 Å². The first-order valence-electron chi connectivity index (χ1n) is 5.33. The lowest BCUT2D eigenvalue weighted by Crippen LogP contribution is -2.37. The molecule has 6 nitrogen and oxygen atoms in total. The molecule has 1 aromatic rings. The topological polar surface area (TPSA) is 88.2 Å². The van der Waals surface area contributed by atoms with Crippen molar-refractivity contribution in [2.24, 2.45) is 0 Å². The van der Waals surface area contributed by atoms with Crippen LogP contribution in [0.5, 0.6) is 0 Å². The maximum atomic E-state index is 11.7. The highest BCUT2D eigenvalue weighted by molar-refractivity contribution is 7.89. The first-order chi connectivity index (χ1) is 8.45. The Kier molecular flexibility index (Phi) is 5.52. The smallest absolute Gasteiger partial charge is 0.242 e. The fraction of sp³-hybridized carbons (Fsp3) is 0.400. The number of hydrogen-bond acceptors (Lipinski definition) is 4. The zero-order chi connectivity index (χ0) is 13.6. The van der Waals surface area contributed by atoms with E-state index in [4.69, 9.17) is 11.6 Å². The Balaban J connectivity index is 2.60. The second-order valence-corrected chi connectivity index (χ2v) is 5.65. The number of aromatic nitrogens is 1. The first kappa shape index (κ1) is 14.9. The van der Waals surface area contributed by atoms with Crippen LogP contribution in [0.4, 0.5) is 0 Å². The molecule has 0 saturated carbocycles. The molecule has 0 saturated heterocycles. The fourth-order valence-corrected chi connectivity index (χ4v) is 2.13. The third-order valence-corrected chi connectivity index (χ3v) is 3.62. The van der Waals surface area contributed by atoms with Gasteiger partial charge in [0.05, 0.1) is 6.54 Å². The molecule has 1 heterocycles. The van der Waals surface area contributed by atoms with E-state index in [1.165, 1.54) is 12.1 Å². The molecule has 1 aromatic heterocycles. The van der Waals surface area contributed by atoms with Crippen LogP contribution in [0.25, 0.3) is 0 Å². The molecule has 0 radical (unpaired) electrons. The van der Waals surface area contributed by atoms with Crippen LogP contribution in [-0.2, 0) is 14.8 Å². The highest BCUT2D eigenvalue weighted by Gasteiger charge is 2.15. The molecule has 2 N–H and O–H groups in total. The molecule has 18 heavy (non-hydrogen) atoms. The van der Waals surface area contributed by atoms with Crippen LogP contribution >= 0.6 is 11.6 Å². The van der Waals surface area contributed by atoms with Gasteiger partial charge in [-0.25, -0.2) is 18.1 Å². The highest BCUT2D eigenvalue weighted by Crippen LogP contribution is 2.10. The van der Waals surface area contributed by atoms with Crippen LogP contribution in [0, 0.1) is 0 Å². The monoisotopic (exact) mass is 291 g/mol. The maximum absolute atomic E-state index is 11.7. The molecule has 1 rings (SSSR count). The van der Waals surface area contributed by atoms with E-state index in [0.29, 0.717) is 6.54 Å². The third-order valence-electron chi connectivity index (χ3n) is 2.01. The van der Waals surface area contributed by atoms with Gasteiger partial charge in [0.2, 0.25) is 15.9 Å². The van der Waals surface area contributed by atoms with Crippen LogP contribution in [0.1, 0.15) is 13.3 Å². The average Bonchev–Trinajstić information content (AvgIpc) is 2.34. The largest absolute Gasteiger partial charge is 0.355 e. The lowest BCUT2D eigenvalue weighted by Gasteiger charge is -2.06. The van der Waals surface area contributed by atoms with E-state index in [-0.39, 0.29) is 22.5 Å². The zero-order valence-corrected chi connectivity index (χ0v) is 11.4. The molecule has 0 bridgehead atoms. The minimum Gasteiger partial charge on any atom is -0.355 e. The lowest BCUT2D eigenvalue weighted by atomic mass is 10.5. The molecule has 0 aliphatic carbocycles. The molecule has 100 valence electrons. The van der Waals surface area contributed by atoms with Crippen molar-refractivity contribution in [3.05, 3.63) is 23.5 Å². The summed E-state index contributed by atoms with van der Waals surface area (Å²) in [6, 6.07) is 2.69. The number of rotatable bonds is 6. The number of carbonyl (C=O) groups is 1. The molecule has 0 spiro atoms. The number of hydrogen-bond donors (Lipinski definition) is 2. The van der Waals surface area contributed by atoms with Crippen LogP contribution in [0.2, 0.25) is 5.15 Å². The van der Waals surface area contributed by atoms with Gasteiger partial charge in [0.15, 0.2) is 0 Å². The van der Waals surface area contributed by atoms with Crippen LogP contribution in [0.3, 0.4) is 0 Å². The summed E-state index contributed by atoms with van der Waals surface area (Å²) < 4.78 is 25.7. The summed E-state index contributed by atoms with van der Waals surface area (Å²) >= 11 is 5.56. The van der Waals surface area contributed by atoms with E-state index >= 15 is 0 Å². The highest BCUT2D eigenvalue weighted by atomic mass is 35.5. The summed E-state index contributed by atoms with van der Waals surface area (Å²) in [5.74, 6) is -0.373. The zero-order valence-electron chi connectivity index (χ0n) is 9.81. The van der Waals surface area contributed by atoms with Gasteiger partial charge in [-0.15, -0.1) is 0 Å². The molecular formula is C10H14ClN3O3S. The number of sulfonamides is 1. The minimum absolute atomic E-state index is 0.0322. The standard InChI is InChI=1S/C10H14ClN3O3S/c1-2-5-12-10(15)7-14-18(16,17)8-3-4-9(11)13-6-8/h3-4,6,14H,2,5,7H2,1H3,(H,12,15). The molecule has 8 heteroatoms. The van der Waals surface area contributed by atoms with Gasteiger partial charge in [-0.3, -0.25) is 4.79 Å². The van der Waals surface area contributed by atoms with Crippen molar-refractivity contribution in [3.63, 3.8) is 0 Å². The number of carbonyl (C=O) groups excluding carboxylic acids is 1. The SMILES string of the molecule is CCCNC(=O)CNS(=O)(=O)c1ccc(Cl)nc1. The predicted molar refractivity (Wildman–Crippen MR) is 67.7 cm³/mol. The van der Waals surface area contributed by atoms with Crippen molar-refractivity contribution in [3.8, 4) is 0 Å². The molecule has 0 unspecified atom stereocenters. The predicted octanol–water partition coefficient (Wildman–Crippen LogP) is 0.539. The van der Waals surface area contributed by atoms with Gasteiger partial charge in [-0.05, 0) is 18.6 Å². The van der Waals surface area contributed by atoms with Gasteiger partial charge >= 0.3 is 0 Å². The van der Waals surface area contributed by atoms with Crippen molar-refractivity contribution in [1.82, 2.24) is 15.0 Å². The van der Waals surface area contributed by atoms with Crippen molar-refractivity contribution in [1.29, 1.82) is 0 Å². The van der Waals surface area contributed by atoms with Crippen molar-refractivity contribution in [2.75, 3.05) is 13.1 Å². The summed E-state index contributed by atoms with van der Waals surface area (Å²) in [7, 11) is -3.73. The van der Waals surface area contributed by atoms with Gasteiger partial charge in [0, 0.05) is 12.7 Å². The number of pyridine rings is 1. The molecule has 0 aliphatic heterocycles. The summed E-state index contributed by atoms with van der Waals surface area (Å²) in [6.07, 6.45) is 1.92. The van der Waals surface area contributed by atoms with E-state index < -0.39 is 10.0 Å². The number of amides is 1. The Bertz CT molecular complexity index is 502. The van der Waals surface area contributed by atoms with Gasteiger partial charge in [0.25, 0.3) is 0 Å². The fourth-order valence-electron chi connectivity index (χ4n) is 1.09. The molecule has 0 aliphatic rings.